The summed E-state index contributed by atoms with van der Waals surface area (Å²) in [6.07, 6.45) is 5.42. The summed E-state index contributed by atoms with van der Waals surface area (Å²) in [5, 5.41) is 4.36. The van der Waals surface area contributed by atoms with Crippen LogP contribution in [0.3, 0.4) is 0 Å². The molecule has 1 aliphatic heterocycles. The predicted molar refractivity (Wildman–Crippen MR) is 77.8 cm³/mol. The van der Waals surface area contributed by atoms with E-state index >= 15 is 0 Å². The predicted octanol–water partition coefficient (Wildman–Crippen LogP) is 2.50. The molecule has 1 aliphatic rings. The van der Waals surface area contributed by atoms with Gasteiger partial charge in [-0.1, -0.05) is 0 Å². The number of carbonyl (C=O) groups is 1. The van der Waals surface area contributed by atoms with Crippen molar-refractivity contribution >= 4 is 5.91 Å². The van der Waals surface area contributed by atoms with Crippen molar-refractivity contribution in [2.45, 2.75) is 52.2 Å². The van der Waals surface area contributed by atoms with E-state index in [4.69, 9.17) is 4.74 Å². The molecule has 0 aromatic carbocycles. The standard InChI is InChI=1S/C15H25N3O2/c1-4-17(11-13-7-5-6-10-20-13)15(19)14-8-9-18(16-14)12(2)3/h8-9,12-13H,4-7,10-11H2,1-3H3/t13-/m1/s1. The Morgan fingerprint density at radius 2 is 2.35 bits per heavy atom. The van der Waals surface area contributed by atoms with Crippen molar-refractivity contribution in [2.24, 2.45) is 0 Å². The molecule has 2 heterocycles. The number of hydrogen-bond acceptors (Lipinski definition) is 3. The first-order valence-electron chi connectivity index (χ1n) is 7.57. The van der Waals surface area contributed by atoms with Gasteiger partial charge in [0.05, 0.1) is 6.10 Å². The lowest BCUT2D eigenvalue weighted by atomic mass is 10.1. The van der Waals surface area contributed by atoms with Gasteiger partial charge in [-0.3, -0.25) is 9.48 Å². The fraction of sp³-hybridized carbons (Fsp3) is 0.733. The summed E-state index contributed by atoms with van der Waals surface area (Å²) in [6.45, 7) is 8.28. The highest BCUT2D eigenvalue weighted by Crippen LogP contribution is 2.15. The third-order valence-corrected chi connectivity index (χ3v) is 3.72. The van der Waals surface area contributed by atoms with Crippen molar-refractivity contribution in [3.63, 3.8) is 0 Å². The van der Waals surface area contributed by atoms with E-state index < -0.39 is 0 Å². The molecule has 0 radical (unpaired) electrons. The molecule has 1 aromatic heterocycles. The minimum Gasteiger partial charge on any atom is -0.376 e. The molecule has 5 nitrogen and oxygen atoms in total. The Kier molecular flexibility index (Phi) is 5.17. The van der Waals surface area contributed by atoms with Gasteiger partial charge >= 0.3 is 0 Å². The van der Waals surface area contributed by atoms with Crippen LogP contribution in [0.4, 0.5) is 0 Å². The lowest BCUT2D eigenvalue weighted by Crippen LogP contribution is -2.39. The molecule has 0 aliphatic carbocycles. The zero-order valence-electron chi connectivity index (χ0n) is 12.7. The summed E-state index contributed by atoms with van der Waals surface area (Å²) < 4.78 is 7.54. The Morgan fingerprint density at radius 1 is 1.55 bits per heavy atom. The molecular formula is C15H25N3O2. The highest BCUT2D eigenvalue weighted by Gasteiger charge is 2.22. The fourth-order valence-corrected chi connectivity index (χ4v) is 2.45. The molecule has 1 saturated heterocycles. The minimum absolute atomic E-state index is 0.000994. The highest BCUT2D eigenvalue weighted by molar-refractivity contribution is 5.92. The topological polar surface area (TPSA) is 47.4 Å². The Morgan fingerprint density at radius 3 is 2.90 bits per heavy atom. The third kappa shape index (κ3) is 3.60. The van der Waals surface area contributed by atoms with Crippen LogP contribution in [0.1, 0.15) is 56.6 Å². The maximum atomic E-state index is 12.5. The molecule has 1 aromatic rings. The van der Waals surface area contributed by atoms with Gasteiger partial charge in [0.25, 0.3) is 5.91 Å². The van der Waals surface area contributed by atoms with Crippen molar-refractivity contribution in [3.8, 4) is 0 Å². The van der Waals surface area contributed by atoms with Crippen LogP contribution in [0, 0.1) is 0 Å². The van der Waals surface area contributed by atoms with Crippen LogP contribution >= 0.6 is 0 Å². The van der Waals surface area contributed by atoms with Crippen molar-refractivity contribution in [1.29, 1.82) is 0 Å². The zero-order valence-corrected chi connectivity index (χ0v) is 12.7. The molecule has 2 rings (SSSR count). The van der Waals surface area contributed by atoms with Gasteiger partial charge in [0, 0.05) is 31.9 Å². The third-order valence-electron chi connectivity index (χ3n) is 3.72. The van der Waals surface area contributed by atoms with Gasteiger partial charge < -0.3 is 9.64 Å². The van der Waals surface area contributed by atoms with Gasteiger partial charge in [-0.05, 0) is 46.1 Å². The second-order valence-corrected chi connectivity index (χ2v) is 5.61. The quantitative estimate of drug-likeness (QED) is 0.832. The maximum Gasteiger partial charge on any atom is 0.274 e. The van der Waals surface area contributed by atoms with Crippen molar-refractivity contribution in [2.75, 3.05) is 19.7 Å². The van der Waals surface area contributed by atoms with E-state index in [1.54, 1.807) is 6.07 Å². The molecule has 0 unspecified atom stereocenters. The normalized spacial score (nSPS) is 19.3. The molecule has 0 saturated carbocycles. The molecule has 20 heavy (non-hydrogen) atoms. The molecule has 0 bridgehead atoms. The molecule has 0 N–H and O–H groups in total. The van der Waals surface area contributed by atoms with Crippen LogP contribution < -0.4 is 0 Å². The van der Waals surface area contributed by atoms with Crippen LogP contribution in [0.15, 0.2) is 12.3 Å². The van der Waals surface area contributed by atoms with E-state index in [9.17, 15) is 4.79 Å². The van der Waals surface area contributed by atoms with Gasteiger partial charge in [0.15, 0.2) is 0 Å². The maximum absolute atomic E-state index is 12.5. The van der Waals surface area contributed by atoms with Crippen LogP contribution in [0.2, 0.25) is 0 Å². The smallest absolute Gasteiger partial charge is 0.274 e. The number of amides is 1. The molecule has 1 amide bonds. The Balaban J connectivity index is 1.99. The van der Waals surface area contributed by atoms with E-state index in [2.05, 4.69) is 18.9 Å². The number of ether oxygens (including phenoxy) is 1. The summed E-state index contributed by atoms with van der Waals surface area (Å²) in [7, 11) is 0. The number of likely N-dealkylation sites (N-methyl/N-ethyl adjacent to an activating group) is 1. The van der Waals surface area contributed by atoms with E-state index in [0.717, 1.165) is 19.4 Å². The number of aromatic nitrogens is 2. The van der Waals surface area contributed by atoms with E-state index in [1.165, 1.54) is 6.42 Å². The summed E-state index contributed by atoms with van der Waals surface area (Å²) in [4.78, 5) is 14.3. The summed E-state index contributed by atoms with van der Waals surface area (Å²) >= 11 is 0. The number of rotatable bonds is 5. The molecule has 1 fully saturated rings. The van der Waals surface area contributed by atoms with Crippen molar-refractivity contribution in [3.05, 3.63) is 18.0 Å². The first kappa shape index (κ1) is 15.0. The molecule has 0 spiro atoms. The van der Waals surface area contributed by atoms with Crippen molar-refractivity contribution < 1.29 is 9.53 Å². The van der Waals surface area contributed by atoms with Crippen molar-refractivity contribution in [1.82, 2.24) is 14.7 Å². The summed E-state index contributed by atoms with van der Waals surface area (Å²) in [5.41, 5.74) is 0.524. The lowest BCUT2D eigenvalue weighted by molar-refractivity contribution is -0.00324. The van der Waals surface area contributed by atoms with Gasteiger partial charge in [-0.2, -0.15) is 5.10 Å². The van der Waals surface area contributed by atoms with Crippen LogP contribution in [0.5, 0.6) is 0 Å². The van der Waals surface area contributed by atoms with Gasteiger partial charge in [0.2, 0.25) is 0 Å². The number of hydrogen-bond donors (Lipinski definition) is 0. The fourth-order valence-electron chi connectivity index (χ4n) is 2.45. The Labute approximate surface area is 120 Å². The second kappa shape index (κ2) is 6.88. The first-order valence-corrected chi connectivity index (χ1v) is 7.57. The average Bonchev–Trinajstić information content (AvgIpc) is 2.95. The SMILES string of the molecule is CCN(C[C@H]1CCCCO1)C(=O)c1ccn(C(C)C)n1. The Hall–Kier alpha value is -1.36. The van der Waals surface area contributed by atoms with Crippen LogP contribution in [0.25, 0.3) is 0 Å². The van der Waals surface area contributed by atoms with E-state index in [0.29, 0.717) is 18.8 Å². The van der Waals surface area contributed by atoms with Gasteiger partial charge in [-0.15, -0.1) is 0 Å². The largest absolute Gasteiger partial charge is 0.376 e. The number of carbonyl (C=O) groups excluding carboxylic acids is 1. The van der Waals surface area contributed by atoms with E-state index in [1.807, 2.05) is 22.7 Å². The zero-order chi connectivity index (χ0) is 14.5. The highest BCUT2D eigenvalue weighted by atomic mass is 16.5. The molecular weight excluding hydrogens is 254 g/mol. The summed E-state index contributed by atoms with van der Waals surface area (Å²) in [6, 6.07) is 2.07. The molecule has 1 atom stereocenters. The average molecular weight is 279 g/mol. The van der Waals surface area contributed by atoms with Gasteiger partial charge in [0.1, 0.15) is 5.69 Å². The van der Waals surface area contributed by atoms with E-state index in [-0.39, 0.29) is 18.1 Å². The minimum atomic E-state index is 0.000994. The summed E-state index contributed by atoms with van der Waals surface area (Å²) in [5.74, 6) is 0.000994. The number of nitrogens with zero attached hydrogens (tertiary/aromatic N) is 3. The van der Waals surface area contributed by atoms with Crippen LogP contribution in [-0.4, -0.2) is 46.4 Å². The second-order valence-electron chi connectivity index (χ2n) is 5.61. The molecule has 5 heteroatoms. The Bertz CT molecular complexity index is 436. The first-order chi connectivity index (χ1) is 9.61. The van der Waals surface area contributed by atoms with Gasteiger partial charge in [-0.25, -0.2) is 0 Å². The van der Waals surface area contributed by atoms with Crippen LogP contribution in [-0.2, 0) is 4.74 Å². The lowest BCUT2D eigenvalue weighted by Gasteiger charge is -2.28. The monoisotopic (exact) mass is 279 g/mol. The molecule has 112 valence electrons.